The van der Waals surface area contributed by atoms with Gasteiger partial charge in [-0.15, -0.1) is 0 Å². The van der Waals surface area contributed by atoms with Gasteiger partial charge in [-0.25, -0.2) is 35.1 Å². The molecule has 0 spiro atoms. The van der Waals surface area contributed by atoms with E-state index in [0.29, 0.717) is 0 Å². The number of nitrogens with one attached hydrogen (secondary N) is 6. The molecule has 6 N–H and O–H groups in total. The minimum atomic E-state index is -1.19. The van der Waals surface area contributed by atoms with Crippen LogP contribution in [0.25, 0.3) is 21.5 Å². The van der Waals surface area contributed by atoms with Crippen molar-refractivity contribution >= 4 is 44.8 Å². The van der Waals surface area contributed by atoms with Gasteiger partial charge in [0.25, 0.3) is 0 Å². The zero-order valence-electron chi connectivity index (χ0n) is 24.1. The zero-order valence-corrected chi connectivity index (χ0v) is 25.1. The second kappa shape index (κ2) is 10.9. The first kappa shape index (κ1) is 31.0. The first-order valence-electron chi connectivity index (χ1n) is 14.5. The van der Waals surface area contributed by atoms with Gasteiger partial charge in [-0.3, -0.25) is 0 Å². The zero-order chi connectivity index (χ0) is 33.2. The second-order valence-electron chi connectivity index (χ2n) is 11.8. The number of anilines is 4. The molecule has 4 unspecified atom stereocenters. The maximum Gasteiger partial charge on any atom is 2.00 e. The third-order valence-corrected chi connectivity index (χ3v) is 8.95. The van der Waals surface area contributed by atoms with Crippen LogP contribution in [0.4, 0.5) is 58.4 Å². The molecule has 0 amide bonds. The number of allylic oxidation sites excluding steroid dienone is 6. The molecule has 2 aromatic heterocycles. The molecule has 4 aromatic rings. The monoisotopic (exact) mass is 729 g/mol. The largest absolute Gasteiger partial charge is 2.00 e. The quantitative estimate of drug-likeness (QED) is 0.0872. The minimum absolute atomic E-state index is 0. The fourth-order valence-electron chi connectivity index (χ4n) is 6.70. The van der Waals surface area contributed by atoms with Gasteiger partial charge in [0, 0.05) is 35.1 Å². The second-order valence-corrected chi connectivity index (χ2v) is 11.8. The first-order chi connectivity index (χ1) is 23.0. The van der Waals surface area contributed by atoms with Crippen LogP contribution in [-0.4, -0.2) is 12.3 Å². The topological polar surface area (TPSA) is 100 Å². The SMILES string of the molecule is FC1=CC2=C3Nc4[n-]c(c5cc(F)c(F)cc45)NC4=C5C=C(F)C(F)=CC5C(N4)Nc4[n-]c(c5cc(F)c(F)cc45)NC(N3)C2C=C1F.[Cu+2]. The molecule has 17 heteroatoms. The van der Waals surface area contributed by atoms with E-state index >= 15 is 0 Å². The molecule has 253 valence electrons. The van der Waals surface area contributed by atoms with Crippen molar-refractivity contribution < 1.29 is 52.2 Å². The molecule has 2 aliphatic carbocycles. The summed E-state index contributed by atoms with van der Waals surface area (Å²) in [5.41, 5.74) is 0.445. The molecule has 8 nitrogen and oxygen atoms in total. The van der Waals surface area contributed by atoms with Crippen LogP contribution in [0.1, 0.15) is 0 Å². The van der Waals surface area contributed by atoms with Gasteiger partial charge in [-0.1, -0.05) is 0 Å². The first-order valence-corrected chi connectivity index (χ1v) is 14.5. The van der Waals surface area contributed by atoms with Crippen molar-refractivity contribution in [3.8, 4) is 0 Å². The normalized spacial score (nSPS) is 23.8. The summed E-state index contributed by atoms with van der Waals surface area (Å²) in [5.74, 6) is -10.8. The third kappa shape index (κ3) is 4.70. The molecule has 5 aliphatic rings. The number of halogens is 8. The average molecular weight is 730 g/mol. The van der Waals surface area contributed by atoms with Gasteiger partial charge in [-0.05, 0) is 81.3 Å². The molecule has 8 bridgehead atoms. The molecular weight excluding hydrogens is 712 g/mol. The maximum atomic E-state index is 14.6. The molecule has 3 aliphatic heterocycles. The summed E-state index contributed by atoms with van der Waals surface area (Å²) in [4.78, 5) is 9.04. The van der Waals surface area contributed by atoms with Crippen LogP contribution >= 0.6 is 0 Å². The van der Waals surface area contributed by atoms with Crippen molar-refractivity contribution in [2.24, 2.45) is 11.8 Å². The van der Waals surface area contributed by atoms with Crippen LogP contribution in [0.5, 0.6) is 0 Å². The Labute approximate surface area is 280 Å². The average Bonchev–Trinajstić information content (AvgIpc) is 3.74. The van der Waals surface area contributed by atoms with E-state index in [1.165, 1.54) is 0 Å². The third-order valence-electron chi connectivity index (χ3n) is 8.95. The van der Waals surface area contributed by atoms with Crippen LogP contribution < -0.4 is 41.9 Å². The number of aromatic nitrogens is 2. The number of rotatable bonds is 0. The molecule has 4 atom stereocenters. The Bertz CT molecular complexity index is 2180. The molecule has 1 radical (unpaired) electrons. The summed E-state index contributed by atoms with van der Waals surface area (Å²) in [5, 5.41) is 18.7. The molecule has 9 rings (SSSR count). The van der Waals surface area contributed by atoms with Gasteiger partial charge < -0.3 is 41.9 Å². The summed E-state index contributed by atoms with van der Waals surface area (Å²) in [7, 11) is 0. The van der Waals surface area contributed by atoms with E-state index in [2.05, 4.69) is 41.9 Å². The van der Waals surface area contributed by atoms with Crippen LogP contribution in [0.15, 0.2) is 94.7 Å². The Balaban J connectivity index is 0.00000348. The Morgan fingerprint density at radius 1 is 0.449 bits per heavy atom. The molecular formula is C32H18CuF8N8. The summed E-state index contributed by atoms with van der Waals surface area (Å²) >= 11 is 0. The van der Waals surface area contributed by atoms with Gasteiger partial charge in [0.15, 0.2) is 46.6 Å². The van der Waals surface area contributed by atoms with Crippen LogP contribution in [0.3, 0.4) is 0 Å². The van der Waals surface area contributed by atoms with E-state index in [1.54, 1.807) is 0 Å². The van der Waals surface area contributed by atoms with Crippen molar-refractivity contribution in [3.63, 3.8) is 0 Å². The summed E-state index contributed by atoms with van der Waals surface area (Å²) in [6, 6.07) is 3.66. The van der Waals surface area contributed by atoms with Crippen molar-refractivity contribution in [3.05, 3.63) is 118 Å². The number of nitrogens with zero attached hydrogens (tertiary/aromatic N) is 2. The molecule has 49 heavy (non-hydrogen) atoms. The molecule has 2 aromatic carbocycles. The maximum absolute atomic E-state index is 14.6. The van der Waals surface area contributed by atoms with E-state index < -0.39 is 70.7 Å². The predicted molar refractivity (Wildman–Crippen MR) is 161 cm³/mol. The fraction of sp³-hybridized carbons (Fsp3) is 0.125. The van der Waals surface area contributed by atoms with Gasteiger partial charge in [0.2, 0.25) is 0 Å². The van der Waals surface area contributed by atoms with Crippen molar-refractivity contribution in [2.45, 2.75) is 12.3 Å². The summed E-state index contributed by atoms with van der Waals surface area (Å²) in [6.45, 7) is 0. The Morgan fingerprint density at radius 2 is 0.796 bits per heavy atom. The van der Waals surface area contributed by atoms with Gasteiger partial charge >= 0.3 is 17.1 Å². The van der Waals surface area contributed by atoms with Crippen LogP contribution in [0.2, 0.25) is 0 Å². The number of benzene rings is 2. The van der Waals surface area contributed by atoms with E-state index in [9.17, 15) is 35.1 Å². The smallest absolute Gasteiger partial charge is 0.421 e. The van der Waals surface area contributed by atoms with Gasteiger partial charge in [0.05, 0.1) is 24.0 Å². The Morgan fingerprint density at radius 3 is 1.18 bits per heavy atom. The number of hydrogen-bond donors (Lipinski definition) is 6. The molecule has 0 saturated heterocycles. The van der Waals surface area contributed by atoms with Crippen LogP contribution in [-0.2, 0) is 17.1 Å². The van der Waals surface area contributed by atoms with E-state index in [-0.39, 0.29) is 84.7 Å². The summed E-state index contributed by atoms with van der Waals surface area (Å²) < 4.78 is 117. The van der Waals surface area contributed by atoms with Crippen LogP contribution in [0, 0.1) is 35.1 Å². The number of hydrogen-bond acceptors (Lipinski definition) is 6. The fourth-order valence-corrected chi connectivity index (χ4v) is 6.70. The standard InChI is InChI=1S/C32H18F8N8.Cu/c33-17-1-9-10(2-18(17)34)26-41-25(9)45-27-11-3-19(35)20(36)4-12(11)29(42-27)47-31-15-7-23(39)24(40)8-16(15)32(44-31)48-30-14-6-22(38)21(37)5-13(14)28(43-30)46-26;/h1-9,15,25,31,41,44-48H;/q-2;+2. The van der Waals surface area contributed by atoms with Gasteiger partial charge in [0.1, 0.15) is 0 Å². The van der Waals surface area contributed by atoms with Crippen molar-refractivity contribution in [1.29, 1.82) is 0 Å². The molecule has 0 fully saturated rings. The minimum Gasteiger partial charge on any atom is -0.421 e. The predicted octanol–water partition coefficient (Wildman–Crippen LogP) is 6.78. The Hall–Kier alpha value is -5.28. The number of fused-ring (bicyclic) bond motifs is 18. The van der Waals surface area contributed by atoms with Gasteiger partial charge in [-0.2, -0.15) is 0 Å². The summed E-state index contributed by atoms with van der Waals surface area (Å²) in [6.07, 6.45) is 2.06. The van der Waals surface area contributed by atoms with Crippen molar-refractivity contribution in [1.82, 2.24) is 20.6 Å². The van der Waals surface area contributed by atoms with E-state index in [0.717, 1.165) is 48.6 Å². The molecule has 5 heterocycles. The van der Waals surface area contributed by atoms with E-state index in [1.807, 2.05) is 0 Å². The van der Waals surface area contributed by atoms with E-state index in [4.69, 9.17) is 0 Å². The molecule has 0 saturated carbocycles. The Kier molecular flexibility index (Phi) is 6.88. The van der Waals surface area contributed by atoms with Crippen molar-refractivity contribution in [2.75, 3.05) is 21.3 Å².